The number of fused-ring (bicyclic) bond motifs is 1. The normalized spacial score (nSPS) is 15.9. The number of anilines is 2. The second kappa shape index (κ2) is 8.64. The highest BCUT2D eigenvalue weighted by atomic mass is 16.2. The van der Waals surface area contributed by atoms with Crippen LogP contribution in [0.25, 0.3) is 0 Å². The molecule has 0 aliphatic carbocycles. The third kappa shape index (κ3) is 4.26. The van der Waals surface area contributed by atoms with Gasteiger partial charge in [0.25, 0.3) is 5.91 Å². The summed E-state index contributed by atoms with van der Waals surface area (Å²) in [7, 11) is 0. The first-order valence-corrected chi connectivity index (χ1v) is 10.6. The van der Waals surface area contributed by atoms with E-state index in [0.717, 1.165) is 42.1 Å². The highest BCUT2D eigenvalue weighted by Gasteiger charge is 2.24. The van der Waals surface area contributed by atoms with Crippen LogP contribution in [-0.4, -0.2) is 36.4 Å². The van der Waals surface area contributed by atoms with Crippen molar-refractivity contribution in [3.05, 3.63) is 53.2 Å². The van der Waals surface area contributed by atoms with Crippen molar-refractivity contribution in [1.82, 2.24) is 10.3 Å². The number of nitrogens with one attached hydrogen (secondary N) is 1. The van der Waals surface area contributed by atoms with Crippen molar-refractivity contribution in [2.45, 2.75) is 45.6 Å². The number of hydrogen-bond donors (Lipinski definition) is 1. The number of benzene rings is 1. The van der Waals surface area contributed by atoms with Crippen molar-refractivity contribution in [2.75, 3.05) is 29.4 Å². The molecule has 29 heavy (non-hydrogen) atoms. The van der Waals surface area contributed by atoms with Gasteiger partial charge < -0.3 is 15.1 Å². The van der Waals surface area contributed by atoms with Crippen molar-refractivity contribution in [2.24, 2.45) is 0 Å². The van der Waals surface area contributed by atoms with Crippen LogP contribution in [0.2, 0.25) is 0 Å². The third-order valence-corrected chi connectivity index (χ3v) is 5.78. The fraction of sp³-hybridized carbons (Fsp3) is 0.435. The molecule has 0 bridgehead atoms. The highest BCUT2D eigenvalue weighted by molar-refractivity contribution is 5.98. The van der Waals surface area contributed by atoms with Crippen molar-refractivity contribution < 1.29 is 9.59 Å². The number of carbonyl (C=O) groups excluding carboxylic acids is 2. The van der Waals surface area contributed by atoms with E-state index in [4.69, 9.17) is 0 Å². The monoisotopic (exact) mass is 392 g/mol. The Kier molecular flexibility index (Phi) is 5.79. The van der Waals surface area contributed by atoms with Crippen LogP contribution in [0.1, 0.15) is 54.1 Å². The van der Waals surface area contributed by atoms with Crippen molar-refractivity contribution in [3.8, 4) is 0 Å². The predicted molar refractivity (Wildman–Crippen MR) is 114 cm³/mol. The van der Waals surface area contributed by atoms with Gasteiger partial charge in [-0.2, -0.15) is 0 Å². The van der Waals surface area contributed by atoms with Gasteiger partial charge in [0.05, 0.1) is 0 Å². The molecule has 0 saturated carbocycles. The Labute approximate surface area is 171 Å². The summed E-state index contributed by atoms with van der Waals surface area (Å²) in [6, 6.07) is 9.64. The van der Waals surface area contributed by atoms with Crippen LogP contribution in [0, 0.1) is 0 Å². The van der Waals surface area contributed by atoms with Gasteiger partial charge in [-0.1, -0.05) is 6.92 Å². The molecule has 1 N–H and O–H groups in total. The quantitative estimate of drug-likeness (QED) is 0.848. The Morgan fingerprint density at radius 1 is 1.07 bits per heavy atom. The molecule has 1 aromatic carbocycles. The van der Waals surface area contributed by atoms with E-state index < -0.39 is 0 Å². The Hall–Kier alpha value is -2.89. The molecule has 3 heterocycles. The minimum Gasteiger partial charge on any atom is -0.357 e. The summed E-state index contributed by atoms with van der Waals surface area (Å²) >= 11 is 0. The van der Waals surface area contributed by atoms with Gasteiger partial charge in [0.2, 0.25) is 5.91 Å². The zero-order valence-electron chi connectivity index (χ0n) is 17.0. The van der Waals surface area contributed by atoms with E-state index in [1.807, 2.05) is 36.2 Å². The van der Waals surface area contributed by atoms with Gasteiger partial charge in [0, 0.05) is 50.0 Å². The van der Waals surface area contributed by atoms with E-state index in [0.29, 0.717) is 25.1 Å². The highest BCUT2D eigenvalue weighted by Crippen LogP contribution is 2.29. The Morgan fingerprint density at radius 2 is 1.90 bits per heavy atom. The molecular weight excluding hydrogens is 364 g/mol. The molecule has 1 saturated heterocycles. The second-order valence-electron chi connectivity index (χ2n) is 7.75. The molecule has 2 aromatic rings. The molecule has 0 spiro atoms. The summed E-state index contributed by atoms with van der Waals surface area (Å²) in [4.78, 5) is 33.3. The number of nitrogens with zero attached hydrogens (tertiary/aromatic N) is 3. The lowest BCUT2D eigenvalue weighted by molar-refractivity contribution is -0.118. The van der Waals surface area contributed by atoms with E-state index in [1.165, 1.54) is 19.3 Å². The average molecular weight is 393 g/mol. The molecule has 2 aliphatic rings. The Balaban J connectivity index is 1.40. The van der Waals surface area contributed by atoms with Crippen LogP contribution < -0.4 is 15.1 Å². The average Bonchev–Trinajstić information content (AvgIpc) is 3.21. The fourth-order valence-electron chi connectivity index (χ4n) is 4.14. The Morgan fingerprint density at radius 3 is 2.69 bits per heavy atom. The zero-order valence-corrected chi connectivity index (χ0v) is 17.0. The van der Waals surface area contributed by atoms with Gasteiger partial charge in [-0.3, -0.25) is 9.59 Å². The molecule has 1 aromatic heterocycles. The molecule has 1 fully saturated rings. The first-order chi connectivity index (χ1) is 14.2. The number of amides is 2. The largest absolute Gasteiger partial charge is 0.357 e. The predicted octanol–water partition coefficient (Wildman–Crippen LogP) is 3.30. The van der Waals surface area contributed by atoms with E-state index >= 15 is 0 Å². The maximum absolute atomic E-state index is 12.7. The summed E-state index contributed by atoms with van der Waals surface area (Å²) in [5.41, 5.74) is 3.69. The van der Waals surface area contributed by atoms with E-state index in [1.54, 1.807) is 6.07 Å². The maximum Gasteiger partial charge on any atom is 0.251 e. The summed E-state index contributed by atoms with van der Waals surface area (Å²) in [6.45, 7) is 5.14. The summed E-state index contributed by atoms with van der Waals surface area (Å²) in [5, 5.41) is 3.02. The summed E-state index contributed by atoms with van der Waals surface area (Å²) in [6.07, 6.45) is 6.82. The van der Waals surface area contributed by atoms with Gasteiger partial charge in [0.1, 0.15) is 5.82 Å². The zero-order chi connectivity index (χ0) is 20.2. The third-order valence-electron chi connectivity index (χ3n) is 5.78. The standard InChI is InChI=1S/C23H28N4O2/c1-2-22(28)27-13-9-18-15-19(6-7-20(18)27)23(29)25-16-17-8-10-24-21(14-17)26-11-4-3-5-12-26/h6-8,10,14-15H,2-5,9,11-13,16H2,1H3,(H,25,29). The Bertz CT molecular complexity index is 906. The van der Waals surface area contributed by atoms with Gasteiger partial charge >= 0.3 is 0 Å². The van der Waals surface area contributed by atoms with Gasteiger partial charge in [-0.05, 0) is 67.1 Å². The lowest BCUT2D eigenvalue weighted by atomic mass is 10.1. The van der Waals surface area contributed by atoms with Crippen molar-refractivity contribution in [3.63, 3.8) is 0 Å². The molecule has 2 aliphatic heterocycles. The molecule has 2 amide bonds. The van der Waals surface area contributed by atoms with Crippen LogP contribution in [0.3, 0.4) is 0 Å². The number of carbonyl (C=O) groups is 2. The molecular formula is C23H28N4O2. The minimum atomic E-state index is -0.0931. The molecule has 152 valence electrons. The molecule has 0 atom stereocenters. The van der Waals surface area contributed by atoms with Gasteiger partial charge in [-0.15, -0.1) is 0 Å². The van der Waals surface area contributed by atoms with Crippen LogP contribution in [-0.2, 0) is 17.8 Å². The first kappa shape index (κ1) is 19.4. The number of rotatable bonds is 5. The van der Waals surface area contributed by atoms with Crippen LogP contribution >= 0.6 is 0 Å². The first-order valence-electron chi connectivity index (χ1n) is 10.6. The van der Waals surface area contributed by atoms with Crippen molar-refractivity contribution in [1.29, 1.82) is 0 Å². The van der Waals surface area contributed by atoms with Crippen LogP contribution in [0.15, 0.2) is 36.5 Å². The fourth-order valence-corrected chi connectivity index (χ4v) is 4.14. The maximum atomic E-state index is 12.7. The molecule has 0 radical (unpaired) electrons. The van der Waals surface area contributed by atoms with Crippen LogP contribution in [0.5, 0.6) is 0 Å². The summed E-state index contributed by atoms with van der Waals surface area (Å²) < 4.78 is 0. The second-order valence-corrected chi connectivity index (χ2v) is 7.75. The number of pyridine rings is 1. The number of piperidine rings is 1. The molecule has 6 heteroatoms. The van der Waals surface area contributed by atoms with Crippen LogP contribution in [0.4, 0.5) is 11.5 Å². The topological polar surface area (TPSA) is 65.5 Å². The lowest BCUT2D eigenvalue weighted by Gasteiger charge is -2.27. The summed E-state index contributed by atoms with van der Waals surface area (Å²) in [5.74, 6) is 1.03. The van der Waals surface area contributed by atoms with Gasteiger partial charge in [-0.25, -0.2) is 4.98 Å². The smallest absolute Gasteiger partial charge is 0.251 e. The molecule has 4 rings (SSSR count). The van der Waals surface area contributed by atoms with E-state index in [2.05, 4.69) is 21.3 Å². The van der Waals surface area contributed by atoms with Crippen molar-refractivity contribution >= 4 is 23.3 Å². The lowest BCUT2D eigenvalue weighted by Crippen LogP contribution is -2.30. The van der Waals surface area contributed by atoms with Gasteiger partial charge in [0.15, 0.2) is 0 Å². The number of aromatic nitrogens is 1. The number of hydrogen-bond acceptors (Lipinski definition) is 4. The molecule has 6 nitrogen and oxygen atoms in total. The van der Waals surface area contributed by atoms with E-state index in [-0.39, 0.29) is 11.8 Å². The van der Waals surface area contributed by atoms with E-state index in [9.17, 15) is 9.59 Å². The molecule has 0 unspecified atom stereocenters. The SMILES string of the molecule is CCC(=O)N1CCc2cc(C(=O)NCc3ccnc(N4CCCCC4)c3)ccc21. The minimum absolute atomic E-state index is 0.0931.